The van der Waals surface area contributed by atoms with Crippen LogP contribution in [0.2, 0.25) is 0 Å². The van der Waals surface area contributed by atoms with Crippen molar-refractivity contribution < 1.29 is 14.3 Å². The summed E-state index contributed by atoms with van der Waals surface area (Å²) in [6.07, 6.45) is 4.58. The fourth-order valence-corrected chi connectivity index (χ4v) is 3.52. The minimum atomic E-state index is -0.181. The van der Waals surface area contributed by atoms with Crippen LogP contribution in [0.25, 0.3) is 0 Å². The lowest BCUT2D eigenvalue weighted by molar-refractivity contribution is -0.118. The molecule has 1 amide bonds. The van der Waals surface area contributed by atoms with E-state index in [-0.39, 0.29) is 11.9 Å². The normalized spacial score (nSPS) is 17.5. The van der Waals surface area contributed by atoms with E-state index in [9.17, 15) is 4.79 Å². The minimum absolute atomic E-state index is 0.0175. The molecule has 0 saturated heterocycles. The Hall–Kier alpha value is -2.59. The van der Waals surface area contributed by atoms with Crippen molar-refractivity contribution in [3.63, 3.8) is 0 Å². The van der Waals surface area contributed by atoms with E-state index in [1.54, 1.807) is 0 Å². The first-order valence-electron chi connectivity index (χ1n) is 9.19. The molecule has 1 N–H and O–H groups in total. The van der Waals surface area contributed by atoms with Crippen molar-refractivity contribution in [2.24, 2.45) is 0 Å². The molecule has 0 unspecified atom stereocenters. The number of benzene rings is 2. The van der Waals surface area contributed by atoms with E-state index in [4.69, 9.17) is 9.47 Å². The van der Waals surface area contributed by atoms with Gasteiger partial charge in [-0.05, 0) is 41.7 Å². The summed E-state index contributed by atoms with van der Waals surface area (Å²) in [4.78, 5) is 12.8. The van der Waals surface area contributed by atoms with E-state index in [0.717, 1.165) is 41.9 Å². The van der Waals surface area contributed by atoms with Crippen molar-refractivity contribution in [2.45, 2.75) is 25.3 Å². The molecule has 0 aromatic heterocycles. The first-order valence-corrected chi connectivity index (χ1v) is 9.19. The zero-order valence-corrected chi connectivity index (χ0v) is 14.7. The number of amides is 1. The molecule has 0 radical (unpaired) electrons. The summed E-state index contributed by atoms with van der Waals surface area (Å²) in [5.41, 5.74) is 4.18. The van der Waals surface area contributed by atoms with Gasteiger partial charge < -0.3 is 14.8 Å². The highest BCUT2D eigenvalue weighted by Gasteiger charge is 2.22. The Morgan fingerprint density at radius 3 is 2.69 bits per heavy atom. The van der Waals surface area contributed by atoms with Crippen LogP contribution < -0.4 is 10.1 Å². The van der Waals surface area contributed by atoms with Crippen LogP contribution in [0.4, 0.5) is 0 Å². The zero-order chi connectivity index (χ0) is 17.8. The third-order valence-corrected chi connectivity index (χ3v) is 4.93. The predicted molar refractivity (Wildman–Crippen MR) is 100 cm³/mol. The fraction of sp³-hybridized carbons (Fsp3) is 0.318. The third-order valence-electron chi connectivity index (χ3n) is 4.93. The van der Waals surface area contributed by atoms with Gasteiger partial charge in [0.05, 0.1) is 25.9 Å². The van der Waals surface area contributed by atoms with Crippen molar-refractivity contribution in [2.75, 3.05) is 19.8 Å². The Kier molecular flexibility index (Phi) is 5.02. The standard InChI is InChI=1S/C22H23NO3/c24-22(17-10-13-25-14-11-17)23-21(16-5-2-1-3-6-16)19-8-9-20-18(15-19)7-4-12-26-20/h1-3,5-6,8-10,15,21H,4,7,11-14H2,(H,23,24)/t21-/m0/s1. The number of hydrogen-bond acceptors (Lipinski definition) is 3. The number of rotatable bonds is 4. The van der Waals surface area contributed by atoms with Gasteiger partial charge >= 0.3 is 0 Å². The smallest absolute Gasteiger partial charge is 0.247 e. The van der Waals surface area contributed by atoms with Gasteiger partial charge in [0.2, 0.25) is 5.91 Å². The number of nitrogens with one attached hydrogen (secondary N) is 1. The molecule has 1 atom stereocenters. The van der Waals surface area contributed by atoms with Crippen molar-refractivity contribution in [1.82, 2.24) is 5.32 Å². The Morgan fingerprint density at radius 2 is 1.88 bits per heavy atom. The molecule has 0 aliphatic carbocycles. The highest BCUT2D eigenvalue weighted by Crippen LogP contribution is 2.30. The SMILES string of the molecule is O=C(N[C@@H](c1ccccc1)c1ccc2c(c1)CCCO2)C1=CCOCC1. The first-order chi connectivity index (χ1) is 12.8. The Morgan fingerprint density at radius 1 is 1.00 bits per heavy atom. The number of fused-ring (bicyclic) bond motifs is 1. The molecule has 2 aromatic carbocycles. The van der Waals surface area contributed by atoms with E-state index in [0.29, 0.717) is 19.6 Å². The van der Waals surface area contributed by atoms with Crippen LogP contribution in [0.15, 0.2) is 60.2 Å². The summed E-state index contributed by atoms with van der Waals surface area (Å²) in [5, 5.41) is 3.22. The van der Waals surface area contributed by atoms with Gasteiger partial charge in [-0.25, -0.2) is 0 Å². The molecule has 4 heteroatoms. The summed E-state index contributed by atoms with van der Waals surface area (Å²) in [6.45, 7) is 1.89. The van der Waals surface area contributed by atoms with Gasteiger partial charge in [0.1, 0.15) is 5.75 Å². The number of ether oxygens (including phenoxy) is 2. The highest BCUT2D eigenvalue weighted by atomic mass is 16.5. The molecule has 134 valence electrons. The van der Waals surface area contributed by atoms with Crippen LogP contribution in [0, 0.1) is 0 Å². The topological polar surface area (TPSA) is 47.6 Å². The highest BCUT2D eigenvalue weighted by molar-refractivity contribution is 5.94. The molecule has 2 aliphatic heterocycles. The second kappa shape index (κ2) is 7.75. The Balaban J connectivity index is 1.65. The van der Waals surface area contributed by atoms with Crippen LogP contribution in [0.1, 0.15) is 35.6 Å². The van der Waals surface area contributed by atoms with Crippen molar-refractivity contribution >= 4 is 5.91 Å². The van der Waals surface area contributed by atoms with Crippen LogP contribution >= 0.6 is 0 Å². The molecule has 26 heavy (non-hydrogen) atoms. The van der Waals surface area contributed by atoms with E-state index >= 15 is 0 Å². The van der Waals surface area contributed by atoms with E-state index in [1.807, 2.05) is 30.3 Å². The largest absolute Gasteiger partial charge is 0.493 e. The van der Waals surface area contributed by atoms with Gasteiger partial charge in [-0.1, -0.05) is 42.5 Å². The van der Waals surface area contributed by atoms with Crippen LogP contribution in [0.5, 0.6) is 5.75 Å². The lowest BCUT2D eigenvalue weighted by Gasteiger charge is -2.24. The van der Waals surface area contributed by atoms with Gasteiger partial charge in [0.15, 0.2) is 0 Å². The van der Waals surface area contributed by atoms with Crippen LogP contribution in [0.3, 0.4) is 0 Å². The van der Waals surface area contributed by atoms with Gasteiger partial charge in [0.25, 0.3) is 0 Å². The Labute approximate surface area is 153 Å². The lowest BCUT2D eigenvalue weighted by atomic mass is 9.94. The summed E-state index contributed by atoms with van der Waals surface area (Å²) in [6, 6.07) is 16.2. The maximum atomic E-state index is 12.8. The maximum absolute atomic E-state index is 12.8. The molecule has 0 bridgehead atoms. The van der Waals surface area contributed by atoms with E-state index < -0.39 is 0 Å². The summed E-state index contributed by atoms with van der Waals surface area (Å²) >= 11 is 0. The summed E-state index contributed by atoms with van der Waals surface area (Å²) in [7, 11) is 0. The third kappa shape index (κ3) is 3.65. The zero-order valence-electron chi connectivity index (χ0n) is 14.7. The molecular weight excluding hydrogens is 326 g/mol. The molecule has 0 fully saturated rings. The van der Waals surface area contributed by atoms with Gasteiger partial charge in [-0.2, -0.15) is 0 Å². The quantitative estimate of drug-likeness (QED) is 0.918. The van der Waals surface area contributed by atoms with Gasteiger partial charge in [-0.3, -0.25) is 4.79 Å². The van der Waals surface area contributed by atoms with Crippen molar-refractivity contribution in [1.29, 1.82) is 0 Å². The average molecular weight is 349 g/mol. The molecule has 4 nitrogen and oxygen atoms in total. The van der Waals surface area contributed by atoms with Crippen LogP contribution in [-0.2, 0) is 16.0 Å². The molecular formula is C22H23NO3. The monoisotopic (exact) mass is 349 g/mol. The van der Waals surface area contributed by atoms with Crippen molar-refractivity contribution in [3.8, 4) is 5.75 Å². The maximum Gasteiger partial charge on any atom is 0.247 e. The van der Waals surface area contributed by atoms with Gasteiger partial charge in [-0.15, -0.1) is 0 Å². The number of aryl methyl sites for hydroxylation is 1. The molecule has 0 saturated carbocycles. The summed E-state index contributed by atoms with van der Waals surface area (Å²) in [5.74, 6) is 0.946. The lowest BCUT2D eigenvalue weighted by Crippen LogP contribution is -2.32. The minimum Gasteiger partial charge on any atom is -0.493 e. The second-order valence-corrected chi connectivity index (χ2v) is 6.69. The molecule has 2 aliphatic rings. The molecule has 0 spiro atoms. The van der Waals surface area contributed by atoms with E-state index in [1.165, 1.54) is 5.56 Å². The van der Waals surface area contributed by atoms with E-state index in [2.05, 4.69) is 29.6 Å². The number of carbonyl (C=O) groups excluding carboxylic acids is 1. The average Bonchev–Trinajstić information content (AvgIpc) is 2.73. The van der Waals surface area contributed by atoms with Crippen molar-refractivity contribution in [3.05, 3.63) is 76.9 Å². The Bertz CT molecular complexity index is 813. The fourth-order valence-electron chi connectivity index (χ4n) is 3.52. The molecule has 4 rings (SSSR count). The molecule has 2 heterocycles. The predicted octanol–water partition coefficient (Wildman–Crippen LogP) is 3.56. The molecule has 2 aromatic rings. The number of carbonyl (C=O) groups is 1. The number of hydrogen-bond donors (Lipinski definition) is 1. The summed E-state index contributed by atoms with van der Waals surface area (Å²) < 4.78 is 11.0. The second-order valence-electron chi connectivity index (χ2n) is 6.69. The van der Waals surface area contributed by atoms with Gasteiger partial charge in [0, 0.05) is 12.0 Å². The van der Waals surface area contributed by atoms with Crippen LogP contribution in [-0.4, -0.2) is 25.7 Å². The first kappa shape index (κ1) is 16.9.